The van der Waals surface area contributed by atoms with Crippen LogP contribution in [0.5, 0.6) is 11.5 Å². The highest BCUT2D eigenvalue weighted by atomic mass is 16.5. The van der Waals surface area contributed by atoms with Crippen LogP contribution >= 0.6 is 0 Å². The van der Waals surface area contributed by atoms with Crippen molar-refractivity contribution in [3.8, 4) is 22.8 Å². The number of aromatic nitrogens is 3. The number of H-pyrrole nitrogens is 1. The average molecular weight is 271 g/mol. The Labute approximate surface area is 114 Å². The predicted molar refractivity (Wildman–Crippen MR) is 74.4 cm³/mol. The molecule has 0 fully saturated rings. The lowest BCUT2D eigenvalue weighted by molar-refractivity contribution is 0.395. The van der Waals surface area contributed by atoms with E-state index in [0.29, 0.717) is 23.0 Å². The van der Waals surface area contributed by atoms with Crippen molar-refractivity contribution in [3.05, 3.63) is 47.0 Å². The summed E-state index contributed by atoms with van der Waals surface area (Å²) in [5.74, 6) is 1.86. The van der Waals surface area contributed by atoms with Crippen molar-refractivity contribution in [1.29, 1.82) is 0 Å². The number of rotatable bonds is 3. The highest BCUT2D eigenvalue weighted by molar-refractivity contribution is 5.69. The molecule has 2 heterocycles. The minimum atomic E-state index is -0.184. The van der Waals surface area contributed by atoms with Crippen molar-refractivity contribution in [2.24, 2.45) is 0 Å². The van der Waals surface area contributed by atoms with Crippen LogP contribution in [0.3, 0.4) is 0 Å². The summed E-state index contributed by atoms with van der Waals surface area (Å²) in [5, 5.41) is 0. The SMILES string of the molecule is COc1ccc(-c2cn3ccc(=O)[nH]c3n2)c(OC)c1. The predicted octanol–water partition coefficient (Wildman–Crippen LogP) is 1.71. The molecule has 0 atom stereocenters. The van der Waals surface area contributed by atoms with E-state index in [1.807, 2.05) is 18.3 Å². The van der Waals surface area contributed by atoms with Crippen LogP contribution in [0.25, 0.3) is 17.0 Å². The van der Waals surface area contributed by atoms with E-state index in [0.717, 1.165) is 5.56 Å². The molecule has 0 saturated heterocycles. The summed E-state index contributed by atoms with van der Waals surface area (Å²) >= 11 is 0. The number of hydrogen-bond donors (Lipinski definition) is 1. The monoisotopic (exact) mass is 271 g/mol. The van der Waals surface area contributed by atoms with Gasteiger partial charge in [0.2, 0.25) is 5.78 Å². The van der Waals surface area contributed by atoms with Crippen LogP contribution < -0.4 is 15.0 Å². The third-order valence-corrected chi connectivity index (χ3v) is 3.04. The van der Waals surface area contributed by atoms with E-state index in [9.17, 15) is 4.79 Å². The van der Waals surface area contributed by atoms with Crippen LogP contribution in [-0.2, 0) is 0 Å². The van der Waals surface area contributed by atoms with E-state index in [2.05, 4.69) is 9.97 Å². The molecule has 3 rings (SSSR count). The summed E-state index contributed by atoms with van der Waals surface area (Å²) in [4.78, 5) is 18.4. The number of hydrogen-bond acceptors (Lipinski definition) is 4. The van der Waals surface area contributed by atoms with Crippen molar-refractivity contribution in [2.45, 2.75) is 0 Å². The summed E-state index contributed by atoms with van der Waals surface area (Å²) < 4.78 is 12.3. The van der Waals surface area contributed by atoms with Crippen LogP contribution in [0.4, 0.5) is 0 Å². The standard InChI is InChI=1S/C14H13N3O3/c1-19-9-3-4-10(12(7-9)20-2)11-8-17-6-5-13(18)16-14(17)15-11/h3-8H,1-2H3,(H,15,16,18). The molecule has 0 amide bonds. The van der Waals surface area contributed by atoms with Crippen LogP contribution in [0.2, 0.25) is 0 Å². The van der Waals surface area contributed by atoms with E-state index in [-0.39, 0.29) is 5.56 Å². The van der Waals surface area contributed by atoms with Crippen LogP contribution in [0.1, 0.15) is 0 Å². The highest BCUT2D eigenvalue weighted by Crippen LogP contribution is 2.32. The fourth-order valence-corrected chi connectivity index (χ4v) is 2.04. The molecule has 0 unspecified atom stereocenters. The fourth-order valence-electron chi connectivity index (χ4n) is 2.04. The number of nitrogens with zero attached hydrogens (tertiary/aromatic N) is 2. The minimum Gasteiger partial charge on any atom is -0.497 e. The Bertz CT molecular complexity index is 820. The van der Waals surface area contributed by atoms with E-state index >= 15 is 0 Å². The first-order chi connectivity index (χ1) is 9.71. The Morgan fingerprint density at radius 2 is 2.05 bits per heavy atom. The molecule has 102 valence electrons. The Morgan fingerprint density at radius 1 is 1.20 bits per heavy atom. The molecular formula is C14H13N3O3. The fraction of sp³-hybridized carbons (Fsp3) is 0.143. The Hall–Kier alpha value is -2.76. The largest absolute Gasteiger partial charge is 0.497 e. The maximum absolute atomic E-state index is 11.3. The zero-order chi connectivity index (χ0) is 14.1. The van der Waals surface area contributed by atoms with E-state index in [4.69, 9.17) is 9.47 Å². The first-order valence-corrected chi connectivity index (χ1v) is 6.01. The van der Waals surface area contributed by atoms with Gasteiger partial charge in [0, 0.05) is 30.1 Å². The maximum Gasteiger partial charge on any atom is 0.252 e. The number of imidazole rings is 1. The lowest BCUT2D eigenvalue weighted by Gasteiger charge is -2.08. The molecule has 6 heteroatoms. The van der Waals surface area contributed by atoms with Crippen molar-refractivity contribution in [1.82, 2.24) is 14.4 Å². The zero-order valence-corrected chi connectivity index (χ0v) is 11.1. The maximum atomic E-state index is 11.3. The first kappa shape index (κ1) is 12.3. The van der Waals surface area contributed by atoms with Gasteiger partial charge in [0.05, 0.1) is 19.9 Å². The summed E-state index contributed by atoms with van der Waals surface area (Å²) in [5.41, 5.74) is 1.36. The van der Waals surface area contributed by atoms with Gasteiger partial charge in [-0.25, -0.2) is 4.98 Å². The molecule has 2 aromatic heterocycles. The zero-order valence-electron chi connectivity index (χ0n) is 11.1. The molecule has 0 bridgehead atoms. The van der Waals surface area contributed by atoms with E-state index in [1.165, 1.54) is 6.07 Å². The Morgan fingerprint density at radius 3 is 2.80 bits per heavy atom. The second kappa shape index (κ2) is 4.73. The topological polar surface area (TPSA) is 68.6 Å². The molecule has 0 spiro atoms. The minimum absolute atomic E-state index is 0.184. The van der Waals surface area contributed by atoms with Crippen LogP contribution in [0.15, 0.2) is 41.5 Å². The third kappa shape index (κ3) is 2.01. The molecule has 3 aromatic rings. The molecule has 1 N–H and O–H groups in total. The third-order valence-electron chi connectivity index (χ3n) is 3.04. The number of benzene rings is 1. The van der Waals surface area contributed by atoms with Gasteiger partial charge in [-0.3, -0.25) is 14.2 Å². The summed E-state index contributed by atoms with van der Waals surface area (Å²) in [6.45, 7) is 0. The van der Waals surface area contributed by atoms with Crippen molar-refractivity contribution >= 4 is 5.78 Å². The van der Waals surface area contributed by atoms with Crippen molar-refractivity contribution in [2.75, 3.05) is 14.2 Å². The molecule has 0 radical (unpaired) electrons. The van der Waals surface area contributed by atoms with Crippen molar-refractivity contribution < 1.29 is 9.47 Å². The molecule has 1 aromatic carbocycles. The number of fused-ring (bicyclic) bond motifs is 1. The Kier molecular flexibility index (Phi) is 2.90. The molecule has 0 aliphatic carbocycles. The summed E-state index contributed by atoms with van der Waals surface area (Å²) in [6, 6.07) is 6.95. The lowest BCUT2D eigenvalue weighted by atomic mass is 10.1. The highest BCUT2D eigenvalue weighted by Gasteiger charge is 2.11. The van der Waals surface area contributed by atoms with Gasteiger partial charge in [0.25, 0.3) is 5.56 Å². The van der Waals surface area contributed by atoms with Gasteiger partial charge < -0.3 is 9.47 Å². The van der Waals surface area contributed by atoms with Crippen LogP contribution in [0, 0.1) is 0 Å². The van der Waals surface area contributed by atoms with E-state index < -0.39 is 0 Å². The number of aromatic amines is 1. The lowest BCUT2D eigenvalue weighted by Crippen LogP contribution is -2.05. The smallest absolute Gasteiger partial charge is 0.252 e. The van der Waals surface area contributed by atoms with Gasteiger partial charge in [0.15, 0.2) is 0 Å². The Balaban J connectivity index is 2.17. The second-order valence-corrected chi connectivity index (χ2v) is 4.23. The first-order valence-electron chi connectivity index (χ1n) is 6.01. The normalized spacial score (nSPS) is 10.7. The second-order valence-electron chi connectivity index (χ2n) is 4.23. The van der Waals surface area contributed by atoms with Gasteiger partial charge in [0.1, 0.15) is 11.5 Å². The molecule has 20 heavy (non-hydrogen) atoms. The van der Waals surface area contributed by atoms with E-state index in [1.54, 1.807) is 30.9 Å². The molecule has 0 aliphatic rings. The number of nitrogens with one attached hydrogen (secondary N) is 1. The van der Waals surface area contributed by atoms with Crippen LogP contribution in [-0.4, -0.2) is 28.6 Å². The quantitative estimate of drug-likeness (QED) is 0.787. The summed E-state index contributed by atoms with van der Waals surface area (Å²) in [6.07, 6.45) is 3.50. The van der Waals surface area contributed by atoms with Gasteiger partial charge in [-0.05, 0) is 12.1 Å². The average Bonchev–Trinajstić information content (AvgIpc) is 2.89. The number of methoxy groups -OCH3 is 2. The summed E-state index contributed by atoms with van der Waals surface area (Å²) in [7, 11) is 3.19. The van der Waals surface area contributed by atoms with Crippen molar-refractivity contribution in [3.63, 3.8) is 0 Å². The molecule has 0 aliphatic heterocycles. The van der Waals surface area contributed by atoms with Gasteiger partial charge in [-0.2, -0.15) is 0 Å². The van der Waals surface area contributed by atoms with Gasteiger partial charge >= 0.3 is 0 Å². The number of ether oxygens (including phenoxy) is 2. The van der Waals surface area contributed by atoms with Gasteiger partial charge in [-0.15, -0.1) is 0 Å². The van der Waals surface area contributed by atoms with Gasteiger partial charge in [-0.1, -0.05) is 0 Å². The molecule has 0 saturated carbocycles. The molecular weight excluding hydrogens is 258 g/mol. The molecule has 6 nitrogen and oxygen atoms in total.